The monoisotopic (exact) mass is 265 g/mol. The molecule has 1 aliphatic rings. The van der Waals surface area contributed by atoms with Crippen LogP contribution in [0, 0.1) is 23.7 Å². The quantitative estimate of drug-likeness (QED) is 0.831. The molecule has 2 atom stereocenters. The summed E-state index contributed by atoms with van der Waals surface area (Å²) in [5.41, 5.74) is 0.145. The first-order chi connectivity index (χ1) is 8.46. The normalized spacial score (nSPS) is 26.6. The Bertz CT molecular complexity index is 586. The highest BCUT2D eigenvalue weighted by atomic mass is 32.2. The van der Waals surface area contributed by atoms with Gasteiger partial charge >= 0.3 is 0 Å². The van der Waals surface area contributed by atoms with Crippen LogP contribution in [0.5, 0.6) is 0 Å². The highest BCUT2D eigenvalue weighted by Crippen LogP contribution is 2.52. The van der Waals surface area contributed by atoms with Crippen molar-refractivity contribution in [2.24, 2.45) is 5.41 Å². The van der Waals surface area contributed by atoms with Crippen LogP contribution in [0.1, 0.15) is 12.0 Å². The van der Waals surface area contributed by atoms with E-state index in [9.17, 15) is 8.42 Å². The van der Waals surface area contributed by atoms with Crippen molar-refractivity contribution in [1.29, 1.82) is 5.26 Å². The third-order valence-electron chi connectivity index (χ3n) is 3.35. The van der Waals surface area contributed by atoms with Gasteiger partial charge in [-0.05, 0) is 25.5 Å². The minimum absolute atomic E-state index is 0.166. The molecule has 0 heterocycles. The summed E-state index contributed by atoms with van der Waals surface area (Å²) in [6, 6.07) is 8.80. The van der Waals surface area contributed by atoms with Crippen LogP contribution in [0.25, 0.3) is 0 Å². The van der Waals surface area contributed by atoms with Crippen molar-refractivity contribution in [2.45, 2.75) is 23.5 Å². The van der Waals surface area contributed by atoms with Crippen LogP contribution in [0.4, 0.5) is 0 Å². The Kier molecular flexibility index (Phi) is 3.18. The number of nitrogens with zero attached hydrogens (tertiary/aromatic N) is 1. The van der Waals surface area contributed by atoms with Gasteiger partial charge in [0.25, 0.3) is 0 Å². The Balaban J connectivity index is 2.30. The predicted octanol–water partition coefficient (Wildman–Crippen LogP) is 1.70. The van der Waals surface area contributed by atoms with Crippen LogP contribution in [-0.2, 0) is 14.6 Å². The average Bonchev–Trinajstić information content (AvgIpc) is 3.06. The van der Waals surface area contributed by atoms with Gasteiger partial charge in [0.2, 0.25) is 0 Å². The smallest absolute Gasteiger partial charge is 0.182 e. The lowest BCUT2D eigenvalue weighted by molar-refractivity contribution is 0.164. The number of benzene rings is 1. The third-order valence-corrected chi connectivity index (χ3v) is 5.65. The minimum atomic E-state index is -3.43. The maximum atomic E-state index is 12.3. The second-order valence-electron chi connectivity index (χ2n) is 4.75. The van der Waals surface area contributed by atoms with Crippen molar-refractivity contribution in [2.75, 3.05) is 13.7 Å². The van der Waals surface area contributed by atoms with Crippen LogP contribution in [0.3, 0.4) is 0 Å². The van der Waals surface area contributed by atoms with E-state index in [-0.39, 0.29) is 11.5 Å². The molecule has 0 unspecified atom stereocenters. The molecule has 0 saturated heterocycles. The van der Waals surface area contributed by atoms with Gasteiger partial charge in [-0.3, -0.25) is 0 Å². The zero-order valence-electron chi connectivity index (χ0n) is 10.4. The number of methoxy groups -OCH3 is 1. The van der Waals surface area contributed by atoms with E-state index in [1.54, 1.807) is 24.3 Å². The highest BCUT2D eigenvalue weighted by Gasteiger charge is 2.62. The molecule has 2 rings (SSSR count). The molecule has 0 aliphatic heterocycles. The molecule has 1 aliphatic carbocycles. The molecule has 18 heavy (non-hydrogen) atoms. The summed E-state index contributed by atoms with van der Waals surface area (Å²) in [5, 5.41) is 8.48. The fourth-order valence-corrected chi connectivity index (χ4v) is 4.21. The van der Waals surface area contributed by atoms with E-state index >= 15 is 0 Å². The Labute approximate surface area is 107 Å². The van der Waals surface area contributed by atoms with E-state index in [2.05, 4.69) is 6.07 Å². The molecule has 4 nitrogen and oxygen atoms in total. The average molecular weight is 265 g/mol. The first-order valence-corrected chi connectivity index (χ1v) is 7.22. The fourth-order valence-electron chi connectivity index (χ4n) is 2.13. The van der Waals surface area contributed by atoms with E-state index in [4.69, 9.17) is 10.00 Å². The lowest BCUT2D eigenvalue weighted by atomic mass is 10.1. The summed E-state index contributed by atoms with van der Waals surface area (Å²) < 4.78 is 29.7. The largest absolute Gasteiger partial charge is 0.383 e. The maximum absolute atomic E-state index is 12.3. The molecular weight excluding hydrogens is 250 g/mol. The summed E-state index contributed by atoms with van der Waals surface area (Å²) in [6.45, 7) is 2.07. The van der Waals surface area contributed by atoms with Gasteiger partial charge in [0.1, 0.15) is 0 Å². The Morgan fingerprint density at radius 3 is 2.56 bits per heavy atom. The van der Waals surface area contributed by atoms with Gasteiger partial charge in [-0.15, -0.1) is 0 Å². The lowest BCUT2D eigenvalue weighted by Gasteiger charge is -2.08. The third kappa shape index (κ3) is 2.02. The topological polar surface area (TPSA) is 67.2 Å². The van der Waals surface area contributed by atoms with E-state index in [0.29, 0.717) is 6.42 Å². The minimum Gasteiger partial charge on any atom is -0.383 e. The number of aryl methyl sites for hydroxylation is 1. The van der Waals surface area contributed by atoms with Crippen molar-refractivity contribution in [3.63, 3.8) is 0 Å². The zero-order chi connectivity index (χ0) is 13.4. The first-order valence-electron chi connectivity index (χ1n) is 5.67. The summed E-state index contributed by atoms with van der Waals surface area (Å²) in [7, 11) is -1.95. The fraction of sp³-hybridized carbons (Fsp3) is 0.462. The number of hydrogen-bond acceptors (Lipinski definition) is 4. The van der Waals surface area contributed by atoms with Crippen LogP contribution in [-0.4, -0.2) is 27.4 Å². The van der Waals surface area contributed by atoms with Crippen molar-refractivity contribution < 1.29 is 13.2 Å². The van der Waals surface area contributed by atoms with Crippen LogP contribution in [0.2, 0.25) is 0 Å². The van der Waals surface area contributed by atoms with Gasteiger partial charge in [-0.25, -0.2) is 8.42 Å². The van der Waals surface area contributed by atoms with E-state index in [1.165, 1.54) is 7.11 Å². The van der Waals surface area contributed by atoms with Gasteiger partial charge in [-0.1, -0.05) is 17.7 Å². The van der Waals surface area contributed by atoms with Gasteiger partial charge in [0.05, 0.1) is 28.2 Å². The molecular formula is C13H15NO3S. The highest BCUT2D eigenvalue weighted by molar-refractivity contribution is 7.92. The molecule has 0 radical (unpaired) electrons. The molecule has 1 fully saturated rings. The zero-order valence-corrected chi connectivity index (χ0v) is 11.2. The summed E-state index contributed by atoms with van der Waals surface area (Å²) in [5.74, 6) is 0. The second kappa shape index (κ2) is 4.38. The number of rotatable bonds is 4. The Morgan fingerprint density at radius 1 is 1.44 bits per heavy atom. The standard InChI is InChI=1S/C13H15NO3S/c1-10-3-5-11(6-4-10)18(15,16)12-7-13(12,8-14)9-17-2/h3-6,12H,7,9H2,1-2H3/t12-,13+/m0/s1. The maximum Gasteiger partial charge on any atom is 0.182 e. The molecule has 1 saturated carbocycles. The van der Waals surface area contributed by atoms with Gasteiger partial charge in [0.15, 0.2) is 9.84 Å². The summed E-state index contributed by atoms with van der Waals surface area (Å²) in [6.07, 6.45) is 0.355. The predicted molar refractivity (Wildman–Crippen MR) is 66.7 cm³/mol. The molecule has 0 amide bonds. The molecule has 1 aromatic rings. The molecule has 5 heteroatoms. The number of ether oxygens (including phenoxy) is 1. The van der Waals surface area contributed by atoms with Gasteiger partial charge in [0, 0.05) is 7.11 Å². The molecule has 0 N–H and O–H groups in total. The first kappa shape index (κ1) is 13.1. The van der Waals surface area contributed by atoms with Crippen molar-refractivity contribution in [3.8, 4) is 6.07 Å². The van der Waals surface area contributed by atoms with Gasteiger partial charge < -0.3 is 4.74 Å². The summed E-state index contributed by atoms with van der Waals surface area (Å²) in [4.78, 5) is 0.284. The van der Waals surface area contributed by atoms with E-state index in [0.717, 1.165) is 5.56 Å². The van der Waals surface area contributed by atoms with E-state index < -0.39 is 20.5 Å². The van der Waals surface area contributed by atoms with Crippen LogP contribution >= 0.6 is 0 Å². The van der Waals surface area contributed by atoms with E-state index in [1.807, 2.05) is 6.92 Å². The van der Waals surface area contributed by atoms with Gasteiger partial charge in [-0.2, -0.15) is 5.26 Å². The molecule has 96 valence electrons. The molecule has 0 aromatic heterocycles. The molecule has 0 bridgehead atoms. The Morgan fingerprint density at radius 2 is 2.06 bits per heavy atom. The molecule has 0 spiro atoms. The van der Waals surface area contributed by atoms with Crippen molar-refractivity contribution in [1.82, 2.24) is 0 Å². The Hall–Kier alpha value is -1.38. The SMILES string of the molecule is COC[C@]1(C#N)C[C@@H]1S(=O)(=O)c1ccc(C)cc1. The number of sulfone groups is 1. The number of nitriles is 1. The summed E-state index contributed by atoms with van der Waals surface area (Å²) >= 11 is 0. The van der Waals surface area contributed by atoms with Crippen molar-refractivity contribution >= 4 is 9.84 Å². The lowest BCUT2D eigenvalue weighted by Crippen LogP contribution is -2.19. The molecule has 1 aromatic carbocycles. The van der Waals surface area contributed by atoms with Crippen LogP contribution in [0.15, 0.2) is 29.2 Å². The van der Waals surface area contributed by atoms with Crippen LogP contribution < -0.4 is 0 Å². The number of hydrogen-bond donors (Lipinski definition) is 0. The van der Waals surface area contributed by atoms with Crippen molar-refractivity contribution in [3.05, 3.63) is 29.8 Å². The second-order valence-corrected chi connectivity index (χ2v) is 6.88.